The molecule has 0 aliphatic heterocycles. The molecule has 116 valence electrons. The van der Waals surface area contributed by atoms with Crippen LogP contribution in [0, 0.1) is 0 Å². The monoisotopic (exact) mass is 337 g/mol. The van der Waals surface area contributed by atoms with Gasteiger partial charge in [-0.1, -0.05) is 29.3 Å². The van der Waals surface area contributed by atoms with Crippen molar-refractivity contribution in [1.29, 1.82) is 0 Å². The zero-order chi connectivity index (χ0) is 16.1. The highest BCUT2D eigenvalue weighted by Crippen LogP contribution is 2.32. The molecule has 0 aliphatic carbocycles. The van der Waals surface area contributed by atoms with Gasteiger partial charge < -0.3 is 16.0 Å². The van der Waals surface area contributed by atoms with Gasteiger partial charge in [-0.15, -0.1) is 0 Å². The van der Waals surface area contributed by atoms with Crippen molar-refractivity contribution in [2.24, 2.45) is 0 Å². The molecule has 2 rings (SSSR count). The summed E-state index contributed by atoms with van der Waals surface area (Å²) < 4.78 is 0. The van der Waals surface area contributed by atoms with Crippen molar-refractivity contribution >= 4 is 46.3 Å². The summed E-state index contributed by atoms with van der Waals surface area (Å²) in [4.78, 5) is 11.6. The van der Waals surface area contributed by atoms with E-state index in [0.717, 1.165) is 5.69 Å². The van der Waals surface area contributed by atoms with Gasteiger partial charge in [0.05, 0.1) is 15.7 Å². The van der Waals surface area contributed by atoms with Crippen LogP contribution < -0.4 is 16.0 Å². The van der Waals surface area contributed by atoms with Gasteiger partial charge in [-0.2, -0.15) is 0 Å². The molecule has 6 heteroatoms. The predicted octanol–water partition coefficient (Wildman–Crippen LogP) is 5.27. The second-order valence-corrected chi connectivity index (χ2v) is 5.87. The Morgan fingerprint density at radius 2 is 1.50 bits per heavy atom. The van der Waals surface area contributed by atoms with Crippen LogP contribution in [0.3, 0.4) is 0 Å². The first-order valence-corrected chi connectivity index (χ1v) is 7.60. The van der Waals surface area contributed by atoms with Gasteiger partial charge in [0.1, 0.15) is 0 Å². The summed E-state index contributed by atoms with van der Waals surface area (Å²) in [5.74, 6) is 0. The summed E-state index contributed by atoms with van der Waals surface area (Å²) in [6.45, 7) is 3.81. The number of carbonyl (C=O) groups excluding carboxylic acids is 1. The van der Waals surface area contributed by atoms with Crippen LogP contribution in [0.15, 0.2) is 42.5 Å². The normalized spacial score (nSPS) is 10.4. The second kappa shape index (κ2) is 7.38. The number of halogens is 2. The number of hydrogen-bond donors (Lipinski definition) is 3. The summed E-state index contributed by atoms with van der Waals surface area (Å²) >= 11 is 12.2. The van der Waals surface area contributed by atoms with Crippen molar-refractivity contribution in [2.45, 2.75) is 19.9 Å². The molecule has 2 amide bonds. The Hall–Kier alpha value is -1.91. The van der Waals surface area contributed by atoms with Crippen LogP contribution >= 0.6 is 23.2 Å². The van der Waals surface area contributed by atoms with Crippen LogP contribution in [-0.4, -0.2) is 12.1 Å². The first-order chi connectivity index (χ1) is 10.5. The summed E-state index contributed by atoms with van der Waals surface area (Å²) in [7, 11) is 0. The smallest absolute Gasteiger partial charge is 0.319 e. The van der Waals surface area contributed by atoms with E-state index in [1.54, 1.807) is 30.3 Å². The lowest BCUT2D eigenvalue weighted by molar-refractivity contribution is 0.250. The lowest BCUT2D eigenvalue weighted by atomic mass is 10.2. The topological polar surface area (TPSA) is 53.2 Å². The summed E-state index contributed by atoms with van der Waals surface area (Å²) in [6, 6.07) is 12.4. The second-order valence-electron chi connectivity index (χ2n) is 5.05. The molecule has 4 nitrogen and oxygen atoms in total. The lowest BCUT2D eigenvalue weighted by Gasteiger charge is -2.12. The first-order valence-electron chi connectivity index (χ1n) is 6.84. The highest BCUT2D eigenvalue weighted by atomic mass is 35.5. The minimum absolute atomic E-state index is 0.0864. The van der Waals surface area contributed by atoms with Crippen LogP contribution in [0.5, 0.6) is 0 Å². The summed E-state index contributed by atoms with van der Waals surface area (Å²) in [5.41, 5.74) is 2.18. The minimum Gasteiger partial charge on any atom is -0.353 e. The van der Waals surface area contributed by atoms with E-state index in [0.29, 0.717) is 21.4 Å². The van der Waals surface area contributed by atoms with Gasteiger partial charge in [-0.3, -0.25) is 0 Å². The number of anilines is 3. The summed E-state index contributed by atoms with van der Waals surface area (Å²) in [6.07, 6.45) is 0. The molecular weight excluding hydrogens is 321 g/mol. The Balaban J connectivity index is 2.05. The predicted molar refractivity (Wildman–Crippen MR) is 93.5 cm³/mol. The standard InChI is InChI=1S/C16H17Cl2N3O/c1-10(2)19-16(22)21-12-8-6-11(7-9-12)20-15-13(17)4-3-5-14(15)18/h3-10,20H,1-2H3,(H2,19,21,22). The molecule has 0 bridgehead atoms. The van der Waals surface area contributed by atoms with Crippen molar-refractivity contribution in [3.8, 4) is 0 Å². The fourth-order valence-corrected chi connectivity index (χ4v) is 2.32. The molecule has 22 heavy (non-hydrogen) atoms. The van der Waals surface area contributed by atoms with Crippen molar-refractivity contribution in [3.05, 3.63) is 52.5 Å². The van der Waals surface area contributed by atoms with E-state index in [1.165, 1.54) is 0 Å². The van der Waals surface area contributed by atoms with Gasteiger partial charge >= 0.3 is 6.03 Å². The zero-order valence-corrected chi connectivity index (χ0v) is 13.8. The molecule has 0 saturated carbocycles. The van der Waals surface area contributed by atoms with Crippen LogP contribution in [0.1, 0.15) is 13.8 Å². The highest BCUT2D eigenvalue weighted by molar-refractivity contribution is 6.39. The van der Waals surface area contributed by atoms with E-state index in [1.807, 2.05) is 26.0 Å². The van der Waals surface area contributed by atoms with Gasteiger partial charge in [0.25, 0.3) is 0 Å². The van der Waals surface area contributed by atoms with E-state index in [-0.39, 0.29) is 12.1 Å². The zero-order valence-electron chi connectivity index (χ0n) is 12.3. The highest BCUT2D eigenvalue weighted by Gasteiger charge is 2.06. The van der Waals surface area contributed by atoms with Gasteiger partial charge in [0, 0.05) is 17.4 Å². The van der Waals surface area contributed by atoms with E-state index < -0.39 is 0 Å². The average Bonchev–Trinajstić information content (AvgIpc) is 2.44. The fourth-order valence-electron chi connectivity index (χ4n) is 1.83. The number of nitrogens with one attached hydrogen (secondary N) is 3. The molecule has 0 unspecified atom stereocenters. The molecule has 0 atom stereocenters. The van der Waals surface area contributed by atoms with Crippen LogP contribution in [0.2, 0.25) is 10.0 Å². The molecule has 0 heterocycles. The van der Waals surface area contributed by atoms with Crippen molar-refractivity contribution in [1.82, 2.24) is 5.32 Å². The third kappa shape index (κ3) is 4.55. The number of hydrogen-bond acceptors (Lipinski definition) is 2. The van der Waals surface area contributed by atoms with Crippen LogP contribution in [0.25, 0.3) is 0 Å². The number of benzene rings is 2. The lowest BCUT2D eigenvalue weighted by Crippen LogP contribution is -2.34. The Bertz CT molecular complexity index is 637. The number of carbonyl (C=O) groups is 1. The molecule has 0 aromatic heterocycles. The maximum atomic E-state index is 11.6. The Morgan fingerprint density at radius 1 is 0.955 bits per heavy atom. The molecule has 2 aromatic rings. The summed E-state index contributed by atoms with van der Waals surface area (Å²) in [5, 5.41) is 9.77. The third-order valence-corrected chi connectivity index (χ3v) is 3.42. The molecule has 0 spiro atoms. The van der Waals surface area contributed by atoms with Crippen molar-refractivity contribution < 1.29 is 4.79 Å². The molecule has 3 N–H and O–H groups in total. The Morgan fingerprint density at radius 3 is 2.05 bits per heavy atom. The molecule has 2 aromatic carbocycles. The van der Waals surface area contributed by atoms with E-state index >= 15 is 0 Å². The number of para-hydroxylation sites is 1. The molecule has 0 fully saturated rings. The van der Waals surface area contributed by atoms with Crippen molar-refractivity contribution in [3.63, 3.8) is 0 Å². The van der Waals surface area contributed by atoms with Crippen molar-refractivity contribution in [2.75, 3.05) is 10.6 Å². The SMILES string of the molecule is CC(C)NC(=O)Nc1ccc(Nc2c(Cl)cccc2Cl)cc1. The number of rotatable bonds is 4. The third-order valence-electron chi connectivity index (χ3n) is 2.79. The fraction of sp³-hybridized carbons (Fsp3) is 0.188. The maximum absolute atomic E-state index is 11.6. The van der Waals surface area contributed by atoms with Crippen LogP contribution in [-0.2, 0) is 0 Å². The largest absolute Gasteiger partial charge is 0.353 e. The molecule has 0 saturated heterocycles. The maximum Gasteiger partial charge on any atom is 0.319 e. The molecule has 0 aliphatic rings. The minimum atomic E-state index is -0.232. The Labute approximate surface area is 139 Å². The van der Waals surface area contributed by atoms with E-state index in [2.05, 4.69) is 16.0 Å². The van der Waals surface area contributed by atoms with E-state index in [4.69, 9.17) is 23.2 Å². The van der Waals surface area contributed by atoms with E-state index in [9.17, 15) is 4.79 Å². The van der Waals surface area contributed by atoms with Gasteiger partial charge in [-0.25, -0.2) is 4.79 Å². The quantitative estimate of drug-likeness (QED) is 0.712. The molecule has 0 radical (unpaired) electrons. The van der Waals surface area contributed by atoms with Gasteiger partial charge in [-0.05, 0) is 50.2 Å². The number of amides is 2. The Kier molecular flexibility index (Phi) is 5.52. The van der Waals surface area contributed by atoms with Gasteiger partial charge in [0.15, 0.2) is 0 Å². The van der Waals surface area contributed by atoms with Crippen LogP contribution in [0.4, 0.5) is 21.9 Å². The number of urea groups is 1. The first kappa shape index (κ1) is 16.5. The average molecular weight is 338 g/mol. The molecular formula is C16H17Cl2N3O. The van der Waals surface area contributed by atoms with Gasteiger partial charge in [0.2, 0.25) is 0 Å².